The molecule has 1 saturated heterocycles. The van der Waals surface area contributed by atoms with Crippen LogP contribution in [0.1, 0.15) is 27.7 Å². The van der Waals surface area contributed by atoms with Crippen LogP contribution in [0.25, 0.3) is 22.2 Å². The van der Waals surface area contributed by atoms with Gasteiger partial charge in [0, 0.05) is 42.8 Å². The summed E-state index contributed by atoms with van der Waals surface area (Å²) in [5.74, 6) is 0.603. The number of hydrogen-bond acceptors (Lipinski definition) is 5. The van der Waals surface area contributed by atoms with Crippen LogP contribution in [0.5, 0.6) is 5.88 Å². The van der Waals surface area contributed by atoms with Gasteiger partial charge in [-0.3, -0.25) is 4.98 Å². The first kappa shape index (κ1) is 18.9. The Labute approximate surface area is 165 Å². The molecule has 0 aliphatic carbocycles. The minimum Gasteiger partial charge on any atom is -0.471 e. The molecule has 0 spiro atoms. The van der Waals surface area contributed by atoms with Crippen molar-refractivity contribution in [2.45, 2.75) is 45.4 Å². The highest BCUT2D eigenvalue weighted by molar-refractivity contribution is 5.86. The van der Waals surface area contributed by atoms with Gasteiger partial charge in [-0.05, 0) is 52.0 Å². The summed E-state index contributed by atoms with van der Waals surface area (Å²) in [5, 5.41) is 4.27. The zero-order valence-electron chi connectivity index (χ0n) is 17.0. The molecule has 4 rings (SSSR count). The van der Waals surface area contributed by atoms with Crippen molar-refractivity contribution in [1.82, 2.24) is 19.9 Å². The van der Waals surface area contributed by atoms with Gasteiger partial charge in [-0.2, -0.15) is 0 Å². The molecule has 1 N–H and O–H groups in total. The summed E-state index contributed by atoms with van der Waals surface area (Å²) < 4.78 is 14.3. The molecule has 3 aromatic heterocycles. The summed E-state index contributed by atoms with van der Waals surface area (Å²) in [4.78, 5) is 9.38. The van der Waals surface area contributed by atoms with E-state index in [4.69, 9.17) is 14.5 Å². The molecule has 0 saturated carbocycles. The summed E-state index contributed by atoms with van der Waals surface area (Å²) in [5.41, 5.74) is 2.81. The molecule has 6 nitrogen and oxygen atoms in total. The molecule has 1 fully saturated rings. The highest BCUT2D eigenvalue weighted by atomic mass is 16.5. The molecule has 4 heterocycles. The third-order valence-corrected chi connectivity index (χ3v) is 5.10. The summed E-state index contributed by atoms with van der Waals surface area (Å²) >= 11 is 0. The summed E-state index contributed by atoms with van der Waals surface area (Å²) in [6, 6.07) is 8.02. The number of morpholine rings is 1. The van der Waals surface area contributed by atoms with Gasteiger partial charge >= 0.3 is 0 Å². The number of hydrogen-bond donors (Lipinski definition) is 1. The Balaban J connectivity index is 1.70. The lowest BCUT2D eigenvalue weighted by Crippen LogP contribution is -2.46. The molecule has 3 aromatic rings. The van der Waals surface area contributed by atoms with Crippen molar-refractivity contribution in [1.29, 1.82) is 0 Å². The lowest BCUT2D eigenvalue weighted by atomic mass is 10.1. The first-order chi connectivity index (χ1) is 13.4. The molecule has 0 bridgehead atoms. The van der Waals surface area contributed by atoms with Gasteiger partial charge in [0.15, 0.2) is 0 Å². The van der Waals surface area contributed by atoms with E-state index < -0.39 is 0 Å². The molecular weight excluding hydrogens is 352 g/mol. The van der Waals surface area contributed by atoms with Gasteiger partial charge in [0.1, 0.15) is 12.2 Å². The van der Waals surface area contributed by atoms with E-state index in [9.17, 15) is 0 Å². The van der Waals surface area contributed by atoms with E-state index >= 15 is 0 Å². The van der Waals surface area contributed by atoms with E-state index in [0.29, 0.717) is 12.5 Å². The van der Waals surface area contributed by atoms with E-state index in [1.54, 1.807) is 6.20 Å². The van der Waals surface area contributed by atoms with Crippen LogP contribution in [0.15, 0.2) is 42.9 Å². The van der Waals surface area contributed by atoms with Crippen LogP contribution in [0.3, 0.4) is 0 Å². The van der Waals surface area contributed by atoms with E-state index in [0.717, 1.165) is 35.2 Å². The Morgan fingerprint density at radius 3 is 2.89 bits per heavy atom. The lowest BCUT2D eigenvalue weighted by molar-refractivity contribution is -0.0357. The van der Waals surface area contributed by atoms with Crippen molar-refractivity contribution in [3.8, 4) is 17.1 Å². The highest BCUT2D eigenvalue weighted by Crippen LogP contribution is 2.30. The largest absolute Gasteiger partial charge is 0.471 e. The Kier molecular flexibility index (Phi) is 5.08. The minimum absolute atomic E-state index is 0.00732. The van der Waals surface area contributed by atoms with Crippen molar-refractivity contribution >= 4 is 10.9 Å². The predicted octanol–water partition coefficient (Wildman–Crippen LogP) is 3.61. The maximum Gasteiger partial charge on any atom is 0.223 e. The Bertz CT molecular complexity index is 955. The summed E-state index contributed by atoms with van der Waals surface area (Å²) in [7, 11) is 0. The quantitative estimate of drug-likeness (QED) is 0.749. The van der Waals surface area contributed by atoms with Crippen LogP contribution in [-0.4, -0.2) is 46.4 Å². The number of ether oxygens (including phenoxy) is 2. The maximum atomic E-state index is 6.28. The molecule has 2 atom stereocenters. The molecule has 28 heavy (non-hydrogen) atoms. The second-order valence-corrected chi connectivity index (χ2v) is 8.30. The van der Waals surface area contributed by atoms with Gasteiger partial charge in [0.05, 0.1) is 23.2 Å². The molecule has 0 radical (unpaired) electrons. The lowest BCUT2D eigenvalue weighted by Gasteiger charge is -2.29. The van der Waals surface area contributed by atoms with Crippen molar-refractivity contribution in [2.24, 2.45) is 0 Å². The first-order valence-corrected chi connectivity index (χ1v) is 9.85. The Hall–Kier alpha value is -2.44. The zero-order valence-corrected chi connectivity index (χ0v) is 17.0. The highest BCUT2D eigenvalue weighted by Gasteiger charge is 2.24. The van der Waals surface area contributed by atoms with Crippen LogP contribution in [0, 0.1) is 0 Å². The van der Waals surface area contributed by atoms with Crippen LogP contribution >= 0.6 is 0 Å². The van der Waals surface area contributed by atoms with Crippen LogP contribution in [0.4, 0.5) is 0 Å². The molecule has 1 aliphatic rings. The van der Waals surface area contributed by atoms with Crippen LogP contribution < -0.4 is 10.1 Å². The van der Waals surface area contributed by atoms with E-state index in [-0.39, 0.29) is 17.7 Å². The molecule has 148 valence electrons. The zero-order chi connectivity index (χ0) is 19.7. The molecule has 6 heteroatoms. The van der Waals surface area contributed by atoms with Gasteiger partial charge in [0.25, 0.3) is 0 Å². The standard InChI is InChI=1S/C22H28N4O2/c1-15(20-13-23-9-11-27-20)28-21-17-6-5-8-24-19(17)12-18(25-21)16-7-10-26(14-16)22(2,3)4/h5-8,10,12,14-15,20,23H,9,11,13H2,1-4H3/t15-,20+/m1/s1. The second kappa shape index (κ2) is 7.53. The Morgan fingerprint density at radius 1 is 1.32 bits per heavy atom. The predicted molar refractivity (Wildman–Crippen MR) is 111 cm³/mol. The number of pyridine rings is 2. The number of nitrogens with zero attached hydrogens (tertiary/aromatic N) is 3. The first-order valence-electron chi connectivity index (χ1n) is 9.85. The maximum absolute atomic E-state index is 6.28. The average molecular weight is 380 g/mol. The normalized spacial score (nSPS) is 18.9. The fraction of sp³-hybridized carbons (Fsp3) is 0.455. The van der Waals surface area contributed by atoms with Gasteiger partial charge < -0.3 is 19.4 Å². The number of rotatable bonds is 4. The fourth-order valence-corrected chi connectivity index (χ4v) is 3.39. The van der Waals surface area contributed by atoms with Crippen molar-refractivity contribution in [2.75, 3.05) is 19.7 Å². The Morgan fingerprint density at radius 2 is 2.18 bits per heavy atom. The van der Waals surface area contributed by atoms with Gasteiger partial charge in [0.2, 0.25) is 5.88 Å². The van der Waals surface area contributed by atoms with Crippen molar-refractivity contribution < 1.29 is 9.47 Å². The molecular formula is C22H28N4O2. The minimum atomic E-state index is -0.113. The number of fused-ring (bicyclic) bond motifs is 1. The fourth-order valence-electron chi connectivity index (χ4n) is 3.39. The van der Waals surface area contributed by atoms with Crippen molar-refractivity contribution in [3.63, 3.8) is 0 Å². The molecule has 1 aliphatic heterocycles. The average Bonchev–Trinajstić information content (AvgIpc) is 3.19. The molecule has 0 unspecified atom stereocenters. The molecule has 0 aromatic carbocycles. The van der Waals surface area contributed by atoms with E-state index in [2.05, 4.69) is 54.1 Å². The van der Waals surface area contributed by atoms with Crippen LogP contribution in [0.2, 0.25) is 0 Å². The number of nitrogens with one attached hydrogen (secondary N) is 1. The van der Waals surface area contributed by atoms with Crippen molar-refractivity contribution in [3.05, 3.63) is 42.9 Å². The third kappa shape index (κ3) is 3.88. The monoisotopic (exact) mass is 380 g/mol. The van der Waals surface area contributed by atoms with Gasteiger partial charge in [-0.25, -0.2) is 4.98 Å². The summed E-state index contributed by atoms with van der Waals surface area (Å²) in [6.07, 6.45) is 5.91. The second-order valence-electron chi connectivity index (χ2n) is 8.30. The summed E-state index contributed by atoms with van der Waals surface area (Å²) in [6.45, 7) is 10.9. The SMILES string of the molecule is C[C@@H](Oc1nc(-c2ccn(C(C)(C)C)c2)cc2ncccc12)[C@@H]1CNCCO1. The smallest absolute Gasteiger partial charge is 0.223 e. The van der Waals surface area contributed by atoms with Gasteiger partial charge in [-0.1, -0.05) is 0 Å². The topological polar surface area (TPSA) is 61.2 Å². The van der Waals surface area contributed by atoms with E-state index in [1.165, 1.54) is 0 Å². The van der Waals surface area contributed by atoms with Crippen LogP contribution in [-0.2, 0) is 10.3 Å². The van der Waals surface area contributed by atoms with Gasteiger partial charge in [-0.15, -0.1) is 0 Å². The number of aromatic nitrogens is 3. The third-order valence-electron chi connectivity index (χ3n) is 5.10. The van der Waals surface area contributed by atoms with E-state index in [1.807, 2.05) is 25.1 Å². The molecule has 0 amide bonds.